The normalized spacial score (nSPS) is 20.4. The van der Waals surface area contributed by atoms with Crippen molar-refractivity contribution in [3.05, 3.63) is 23.7 Å². The van der Waals surface area contributed by atoms with Crippen molar-refractivity contribution in [2.75, 3.05) is 7.05 Å². The van der Waals surface area contributed by atoms with Crippen LogP contribution in [-0.2, 0) is 7.05 Å². The van der Waals surface area contributed by atoms with Crippen molar-refractivity contribution in [1.29, 1.82) is 0 Å². The van der Waals surface area contributed by atoms with Gasteiger partial charge in [0.1, 0.15) is 0 Å². The van der Waals surface area contributed by atoms with Crippen LogP contribution in [0.4, 0.5) is 0 Å². The van der Waals surface area contributed by atoms with Gasteiger partial charge in [0, 0.05) is 25.9 Å². The lowest BCUT2D eigenvalue weighted by Crippen LogP contribution is -2.26. The Kier molecular flexibility index (Phi) is 2.10. The monoisotopic (exact) mass is 191 g/mol. The molecule has 0 fully saturated rings. The molecule has 1 aromatic heterocycles. The third-order valence-electron chi connectivity index (χ3n) is 2.87. The van der Waals surface area contributed by atoms with Gasteiger partial charge in [0.25, 0.3) is 0 Å². The number of aromatic nitrogens is 2. The van der Waals surface area contributed by atoms with Crippen molar-refractivity contribution in [3.63, 3.8) is 0 Å². The Morgan fingerprint density at radius 1 is 1.36 bits per heavy atom. The first-order valence-corrected chi connectivity index (χ1v) is 5.03. The first-order chi connectivity index (χ1) is 6.61. The molecule has 1 atom stereocenters. The maximum atomic E-state index is 4.30. The smallest absolute Gasteiger partial charge is 0.0674 e. The van der Waals surface area contributed by atoms with Crippen molar-refractivity contribution < 1.29 is 0 Å². The van der Waals surface area contributed by atoms with Crippen LogP contribution >= 0.6 is 0 Å². The standard InChI is InChI=1S/C11H17N3/c1-8(2)11-9-7-12-14(4)10(9)5-6-13(11)3/h5-8,11H,1-4H3. The van der Waals surface area contributed by atoms with E-state index in [1.54, 1.807) is 0 Å². The second kappa shape index (κ2) is 3.15. The molecule has 2 heterocycles. The summed E-state index contributed by atoms with van der Waals surface area (Å²) in [5.74, 6) is 0.605. The van der Waals surface area contributed by atoms with Crippen LogP contribution in [0.1, 0.15) is 31.1 Å². The molecule has 0 N–H and O–H groups in total. The molecule has 3 nitrogen and oxygen atoms in total. The molecule has 0 saturated carbocycles. The van der Waals surface area contributed by atoms with Gasteiger partial charge in [0.2, 0.25) is 0 Å². The van der Waals surface area contributed by atoms with E-state index < -0.39 is 0 Å². The van der Waals surface area contributed by atoms with Gasteiger partial charge in [-0.2, -0.15) is 5.10 Å². The molecule has 2 rings (SSSR count). The average molecular weight is 191 g/mol. The Morgan fingerprint density at radius 3 is 2.71 bits per heavy atom. The number of rotatable bonds is 1. The van der Waals surface area contributed by atoms with Crippen molar-refractivity contribution in [1.82, 2.24) is 14.7 Å². The van der Waals surface area contributed by atoms with Crippen LogP contribution in [-0.4, -0.2) is 21.7 Å². The van der Waals surface area contributed by atoms with Gasteiger partial charge in [0.05, 0.1) is 17.9 Å². The van der Waals surface area contributed by atoms with Gasteiger partial charge >= 0.3 is 0 Å². The zero-order chi connectivity index (χ0) is 10.3. The van der Waals surface area contributed by atoms with Gasteiger partial charge in [-0.3, -0.25) is 4.68 Å². The molecule has 0 aliphatic carbocycles. The first-order valence-electron chi connectivity index (χ1n) is 5.03. The Balaban J connectivity index is 2.48. The van der Waals surface area contributed by atoms with E-state index >= 15 is 0 Å². The highest BCUT2D eigenvalue weighted by Gasteiger charge is 2.26. The predicted molar refractivity (Wildman–Crippen MR) is 57.6 cm³/mol. The van der Waals surface area contributed by atoms with Gasteiger partial charge in [-0.05, 0) is 12.0 Å². The topological polar surface area (TPSA) is 21.1 Å². The highest BCUT2D eigenvalue weighted by atomic mass is 15.3. The Labute approximate surface area is 85.0 Å². The molecule has 0 radical (unpaired) electrons. The number of hydrogen-bond donors (Lipinski definition) is 0. The Hall–Kier alpha value is -1.25. The molecule has 1 aromatic rings. The highest BCUT2D eigenvalue weighted by molar-refractivity contribution is 5.52. The molecule has 0 saturated heterocycles. The maximum Gasteiger partial charge on any atom is 0.0674 e. The zero-order valence-electron chi connectivity index (χ0n) is 9.23. The second-order valence-electron chi connectivity index (χ2n) is 4.28. The molecule has 76 valence electrons. The van der Waals surface area contributed by atoms with Gasteiger partial charge in [0.15, 0.2) is 0 Å². The molecule has 1 unspecified atom stereocenters. The largest absolute Gasteiger partial charge is 0.373 e. The first kappa shape index (κ1) is 9.31. The summed E-state index contributed by atoms with van der Waals surface area (Å²) < 4.78 is 1.94. The molecule has 1 aliphatic heterocycles. The molecule has 0 aromatic carbocycles. The van der Waals surface area contributed by atoms with Gasteiger partial charge in [-0.25, -0.2) is 0 Å². The van der Waals surface area contributed by atoms with Crippen molar-refractivity contribution in [3.8, 4) is 0 Å². The minimum atomic E-state index is 0.462. The molecule has 1 aliphatic rings. The third kappa shape index (κ3) is 1.24. The van der Waals surface area contributed by atoms with Crippen LogP contribution in [0.5, 0.6) is 0 Å². The quantitative estimate of drug-likeness (QED) is 0.677. The Bertz CT molecular complexity index is 363. The van der Waals surface area contributed by atoms with E-state index in [-0.39, 0.29) is 0 Å². The Morgan fingerprint density at radius 2 is 2.07 bits per heavy atom. The summed E-state index contributed by atoms with van der Waals surface area (Å²) in [5.41, 5.74) is 2.58. The summed E-state index contributed by atoms with van der Waals surface area (Å²) in [7, 11) is 4.11. The summed E-state index contributed by atoms with van der Waals surface area (Å²) in [6.07, 6.45) is 6.25. The van der Waals surface area contributed by atoms with Crippen LogP contribution in [0.15, 0.2) is 12.4 Å². The van der Waals surface area contributed by atoms with Crippen LogP contribution in [0, 0.1) is 5.92 Å². The van der Waals surface area contributed by atoms with E-state index in [1.807, 2.05) is 17.9 Å². The number of aryl methyl sites for hydroxylation is 1. The van der Waals surface area contributed by atoms with Crippen LogP contribution in [0.2, 0.25) is 0 Å². The molecule has 0 amide bonds. The van der Waals surface area contributed by atoms with E-state index in [4.69, 9.17) is 0 Å². The number of nitrogens with zero attached hydrogens (tertiary/aromatic N) is 3. The van der Waals surface area contributed by atoms with E-state index in [0.29, 0.717) is 12.0 Å². The summed E-state index contributed by atoms with van der Waals surface area (Å²) in [6, 6.07) is 0.462. The van der Waals surface area contributed by atoms with Crippen LogP contribution < -0.4 is 0 Å². The summed E-state index contributed by atoms with van der Waals surface area (Å²) in [6.45, 7) is 4.49. The van der Waals surface area contributed by atoms with Gasteiger partial charge in [-0.1, -0.05) is 13.8 Å². The lowest BCUT2D eigenvalue weighted by Gasteiger charge is -2.32. The fourth-order valence-corrected chi connectivity index (χ4v) is 2.23. The number of fused-ring (bicyclic) bond motifs is 1. The lowest BCUT2D eigenvalue weighted by molar-refractivity contribution is 0.261. The molecule has 0 spiro atoms. The van der Waals surface area contributed by atoms with Crippen molar-refractivity contribution >= 4 is 6.08 Å². The molecular weight excluding hydrogens is 174 g/mol. The van der Waals surface area contributed by atoms with Crippen LogP contribution in [0.3, 0.4) is 0 Å². The van der Waals surface area contributed by atoms with E-state index in [1.165, 1.54) is 11.3 Å². The molecule has 14 heavy (non-hydrogen) atoms. The predicted octanol–water partition coefficient (Wildman–Crippen LogP) is 2.03. The molecular formula is C11H17N3. The fourth-order valence-electron chi connectivity index (χ4n) is 2.23. The average Bonchev–Trinajstić information content (AvgIpc) is 2.47. The lowest BCUT2D eigenvalue weighted by atomic mass is 9.93. The third-order valence-corrected chi connectivity index (χ3v) is 2.87. The summed E-state index contributed by atoms with van der Waals surface area (Å²) in [5, 5.41) is 4.30. The summed E-state index contributed by atoms with van der Waals surface area (Å²) in [4.78, 5) is 2.26. The van der Waals surface area contributed by atoms with E-state index in [0.717, 1.165) is 0 Å². The molecule has 0 bridgehead atoms. The number of hydrogen-bond acceptors (Lipinski definition) is 2. The van der Waals surface area contributed by atoms with Crippen molar-refractivity contribution in [2.45, 2.75) is 19.9 Å². The minimum absolute atomic E-state index is 0.462. The van der Waals surface area contributed by atoms with Crippen molar-refractivity contribution in [2.24, 2.45) is 13.0 Å². The summed E-state index contributed by atoms with van der Waals surface area (Å²) >= 11 is 0. The molecule has 3 heteroatoms. The zero-order valence-corrected chi connectivity index (χ0v) is 9.23. The van der Waals surface area contributed by atoms with E-state index in [2.05, 4.69) is 43.2 Å². The highest BCUT2D eigenvalue weighted by Crippen LogP contribution is 2.33. The fraction of sp³-hybridized carbons (Fsp3) is 0.545. The van der Waals surface area contributed by atoms with E-state index in [9.17, 15) is 0 Å². The minimum Gasteiger partial charge on any atom is -0.373 e. The SMILES string of the molecule is CC(C)C1c2cnn(C)c2C=CN1C. The maximum absolute atomic E-state index is 4.30. The van der Waals surface area contributed by atoms with Crippen LogP contribution in [0.25, 0.3) is 6.08 Å². The van der Waals surface area contributed by atoms with Gasteiger partial charge in [-0.15, -0.1) is 0 Å². The second-order valence-corrected chi connectivity index (χ2v) is 4.28. The van der Waals surface area contributed by atoms with Gasteiger partial charge < -0.3 is 4.90 Å².